The molecule has 5 rings (SSSR count). The lowest BCUT2D eigenvalue weighted by molar-refractivity contribution is 0.125. The molecule has 1 fully saturated rings. The monoisotopic (exact) mass is 428 g/mol. The van der Waals surface area contributed by atoms with E-state index in [4.69, 9.17) is 0 Å². The van der Waals surface area contributed by atoms with E-state index in [0.29, 0.717) is 0 Å². The van der Waals surface area contributed by atoms with E-state index in [1.807, 2.05) is 24.5 Å². The Morgan fingerprint density at radius 1 is 0.750 bits per heavy atom. The predicted octanol–water partition coefficient (Wildman–Crippen LogP) is 5.05. The summed E-state index contributed by atoms with van der Waals surface area (Å²) in [5, 5.41) is 0. The highest BCUT2D eigenvalue weighted by Crippen LogP contribution is 2.25. The summed E-state index contributed by atoms with van der Waals surface area (Å²) in [5.41, 5.74) is 5.87. The molecule has 1 aromatic heterocycles. The third kappa shape index (κ3) is 4.74. The number of aromatic nitrogens is 2. The molecule has 0 bridgehead atoms. The topological polar surface area (TPSA) is 24.3 Å². The van der Waals surface area contributed by atoms with E-state index in [-0.39, 0.29) is 5.82 Å². The van der Waals surface area contributed by atoms with E-state index >= 15 is 0 Å². The third-order valence-corrected chi connectivity index (χ3v) is 6.43. The van der Waals surface area contributed by atoms with Crippen LogP contribution < -0.4 is 0 Å². The Kier molecular flexibility index (Phi) is 6.28. The van der Waals surface area contributed by atoms with Gasteiger partial charge in [-0.15, -0.1) is 0 Å². The Balaban J connectivity index is 1.13. The van der Waals surface area contributed by atoms with Gasteiger partial charge in [0.2, 0.25) is 0 Å². The molecule has 0 N–H and O–H groups in total. The van der Waals surface area contributed by atoms with E-state index < -0.39 is 0 Å². The van der Waals surface area contributed by atoms with Gasteiger partial charge < -0.3 is 9.47 Å². The Hall–Kier alpha value is -3.02. The molecule has 1 aliphatic rings. The van der Waals surface area contributed by atoms with Crippen LogP contribution in [-0.2, 0) is 13.1 Å². The van der Waals surface area contributed by atoms with Crippen LogP contribution in [0.2, 0.25) is 0 Å². The number of para-hydroxylation sites is 2. The van der Waals surface area contributed by atoms with Crippen molar-refractivity contribution in [1.29, 1.82) is 0 Å². The highest BCUT2D eigenvalue weighted by atomic mass is 19.1. The minimum Gasteiger partial charge on any atom is -0.331 e. The smallest absolute Gasteiger partial charge is 0.123 e. The Morgan fingerprint density at radius 3 is 2.31 bits per heavy atom. The second kappa shape index (κ2) is 9.63. The quantitative estimate of drug-likeness (QED) is 0.412. The van der Waals surface area contributed by atoms with Gasteiger partial charge in [0.15, 0.2) is 0 Å². The average molecular weight is 429 g/mol. The first-order valence-corrected chi connectivity index (χ1v) is 11.4. The third-order valence-electron chi connectivity index (χ3n) is 6.43. The molecule has 0 atom stereocenters. The molecule has 164 valence electrons. The van der Waals surface area contributed by atoms with Crippen LogP contribution in [0.5, 0.6) is 0 Å². The molecule has 0 radical (unpaired) electrons. The van der Waals surface area contributed by atoms with Crippen molar-refractivity contribution in [1.82, 2.24) is 19.4 Å². The van der Waals surface area contributed by atoms with Crippen molar-refractivity contribution in [3.05, 3.63) is 90.5 Å². The van der Waals surface area contributed by atoms with Crippen molar-refractivity contribution in [3.63, 3.8) is 0 Å². The number of nitrogens with zero attached hydrogens (tertiary/aromatic N) is 4. The lowest BCUT2D eigenvalue weighted by Crippen LogP contribution is -2.46. The van der Waals surface area contributed by atoms with Gasteiger partial charge in [0.05, 0.1) is 17.4 Å². The van der Waals surface area contributed by atoms with Crippen LogP contribution in [0, 0.1) is 5.82 Å². The summed E-state index contributed by atoms with van der Waals surface area (Å²) in [4.78, 5) is 9.59. The fourth-order valence-corrected chi connectivity index (χ4v) is 4.63. The minimum absolute atomic E-state index is 0.191. The zero-order valence-corrected chi connectivity index (χ0v) is 18.3. The van der Waals surface area contributed by atoms with Gasteiger partial charge in [0.1, 0.15) is 5.82 Å². The molecule has 1 saturated heterocycles. The van der Waals surface area contributed by atoms with Gasteiger partial charge in [0.25, 0.3) is 0 Å². The first-order chi connectivity index (χ1) is 15.8. The van der Waals surface area contributed by atoms with E-state index in [9.17, 15) is 4.39 Å². The maximum absolute atomic E-state index is 13.3. The van der Waals surface area contributed by atoms with Crippen molar-refractivity contribution >= 4 is 11.0 Å². The second-order valence-electron chi connectivity index (χ2n) is 8.56. The van der Waals surface area contributed by atoms with Crippen molar-refractivity contribution in [2.24, 2.45) is 0 Å². The molecule has 32 heavy (non-hydrogen) atoms. The number of piperazine rings is 1. The van der Waals surface area contributed by atoms with Gasteiger partial charge in [-0.2, -0.15) is 0 Å². The van der Waals surface area contributed by atoms with Gasteiger partial charge in [0, 0.05) is 39.3 Å². The van der Waals surface area contributed by atoms with Crippen molar-refractivity contribution in [2.75, 3.05) is 32.7 Å². The first-order valence-electron chi connectivity index (χ1n) is 11.4. The van der Waals surface area contributed by atoms with Crippen LogP contribution in [0.4, 0.5) is 4.39 Å². The highest BCUT2D eigenvalue weighted by Gasteiger charge is 2.18. The van der Waals surface area contributed by atoms with Crippen LogP contribution in [-0.4, -0.2) is 52.1 Å². The van der Waals surface area contributed by atoms with Crippen LogP contribution >= 0.6 is 0 Å². The van der Waals surface area contributed by atoms with Crippen molar-refractivity contribution in [2.45, 2.75) is 19.5 Å². The molecular weight excluding hydrogens is 399 g/mol. The highest BCUT2D eigenvalue weighted by molar-refractivity contribution is 5.74. The summed E-state index contributed by atoms with van der Waals surface area (Å²) in [6.45, 7) is 7.41. The summed E-state index contributed by atoms with van der Waals surface area (Å²) < 4.78 is 15.6. The summed E-state index contributed by atoms with van der Waals surface area (Å²) in [6.07, 6.45) is 3.09. The molecule has 2 heterocycles. The number of imidazole rings is 1. The second-order valence-corrected chi connectivity index (χ2v) is 8.56. The first kappa shape index (κ1) is 20.9. The molecule has 0 spiro atoms. The van der Waals surface area contributed by atoms with Gasteiger partial charge in [-0.05, 0) is 53.9 Å². The average Bonchev–Trinajstić information content (AvgIpc) is 3.24. The van der Waals surface area contributed by atoms with Crippen LogP contribution in [0.1, 0.15) is 12.0 Å². The molecule has 0 unspecified atom stereocenters. The molecule has 0 saturated carbocycles. The number of rotatable bonds is 7. The number of hydrogen-bond donors (Lipinski definition) is 0. The predicted molar refractivity (Wildman–Crippen MR) is 128 cm³/mol. The van der Waals surface area contributed by atoms with Gasteiger partial charge in [-0.1, -0.05) is 48.5 Å². The zero-order valence-electron chi connectivity index (χ0n) is 18.3. The van der Waals surface area contributed by atoms with Crippen LogP contribution in [0.3, 0.4) is 0 Å². The standard InChI is InChI=1S/C27H29FN4/c28-24-12-10-22(11-13-24)25-7-2-1-6-23(25)20-31-18-16-30(17-19-31)14-5-15-32-21-29-26-8-3-4-9-27(26)32/h1-4,6-13,21H,5,14-20H2. The number of halogens is 1. The van der Waals surface area contributed by atoms with Gasteiger partial charge in [-0.25, -0.2) is 9.37 Å². The number of aryl methyl sites for hydroxylation is 1. The van der Waals surface area contributed by atoms with Crippen molar-refractivity contribution < 1.29 is 4.39 Å². The fourth-order valence-electron chi connectivity index (χ4n) is 4.63. The number of fused-ring (bicyclic) bond motifs is 1. The number of hydrogen-bond acceptors (Lipinski definition) is 3. The van der Waals surface area contributed by atoms with E-state index in [1.165, 1.54) is 28.8 Å². The Morgan fingerprint density at radius 2 is 1.47 bits per heavy atom. The largest absolute Gasteiger partial charge is 0.331 e. The summed E-state index contributed by atoms with van der Waals surface area (Å²) in [7, 11) is 0. The lowest BCUT2D eigenvalue weighted by Gasteiger charge is -2.35. The SMILES string of the molecule is Fc1ccc(-c2ccccc2CN2CCN(CCCn3cnc4ccccc43)CC2)cc1. The molecule has 4 nitrogen and oxygen atoms in total. The molecule has 0 amide bonds. The summed E-state index contributed by atoms with van der Waals surface area (Å²) in [6, 6.07) is 23.6. The normalized spacial score (nSPS) is 15.4. The summed E-state index contributed by atoms with van der Waals surface area (Å²) >= 11 is 0. The van der Waals surface area contributed by atoms with Crippen molar-refractivity contribution in [3.8, 4) is 11.1 Å². The van der Waals surface area contributed by atoms with Gasteiger partial charge >= 0.3 is 0 Å². The zero-order chi connectivity index (χ0) is 21.8. The van der Waals surface area contributed by atoms with E-state index in [2.05, 4.69) is 61.8 Å². The summed E-state index contributed by atoms with van der Waals surface area (Å²) in [5.74, 6) is -0.191. The Labute approximate surface area is 188 Å². The van der Waals surface area contributed by atoms with Crippen LogP contribution in [0.15, 0.2) is 79.1 Å². The molecule has 0 aliphatic carbocycles. The molecule has 1 aliphatic heterocycles. The lowest BCUT2D eigenvalue weighted by atomic mass is 9.99. The van der Waals surface area contributed by atoms with Crippen LogP contribution in [0.25, 0.3) is 22.2 Å². The number of benzene rings is 3. The van der Waals surface area contributed by atoms with Gasteiger partial charge in [-0.3, -0.25) is 4.90 Å². The molecule has 3 aromatic carbocycles. The maximum Gasteiger partial charge on any atom is 0.123 e. The molecular formula is C27H29FN4. The Bertz CT molecular complexity index is 1160. The maximum atomic E-state index is 13.3. The molecule has 5 heteroatoms. The minimum atomic E-state index is -0.191. The molecule has 4 aromatic rings. The fraction of sp³-hybridized carbons (Fsp3) is 0.296. The van der Waals surface area contributed by atoms with E-state index in [0.717, 1.165) is 63.3 Å². The van der Waals surface area contributed by atoms with E-state index in [1.54, 1.807) is 0 Å².